The van der Waals surface area contributed by atoms with E-state index in [2.05, 4.69) is 15.5 Å². The zero-order valence-electron chi connectivity index (χ0n) is 19.4. The molecule has 0 bridgehead atoms. The number of hydrogen-bond acceptors (Lipinski definition) is 6. The molecule has 3 aromatic rings. The minimum absolute atomic E-state index is 0.257. The Morgan fingerprint density at radius 2 is 2.00 bits per heavy atom. The minimum atomic E-state index is -0.643. The number of aromatic nitrogens is 2. The molecule has 0 spiro atoms. The van der Waals surface area contributed by atoms with Crippen LogP contribution in [0.1, 0.15) is 37.8 Å². The summed E-state index contributed by atoms with van der Waals surface area (Å²) in [6.07, 6.45) is 0.664. The number of rotatable bonds is 9. The van der Waals surface area contributed by atoms with E-state index in [1.807, 2.05) is 38.1 Å². The first-order valence-electron chi connectivity index (χ1n) is 11.1. The van der Waals surface area contributed by atoms with Gasteiger partial charge < -0.3 is 19.3 Å². The van der Waals surface area contributed by atoms with Crippen molar-refractivity contribution >= 4 is 11.6 Å². The molecule has 178 valence electrons. The third kappa shape index (κ3) is 4.94. The molecule has 8 nitrogen and oxygen atoms in total. The molecule has 2 heterocycles. The molecule has 34 heavy (non-hydrogen) atoms. The molecular formula is C25H27FN4O4. The van der Waals surface area contributed by atoms with Crippen molar-refractivity contribution in [2.75, 3.05) is 26.9 Å². The number of methoxy groups -OCH3 is 1. The third-order valence-corrected chi connectivity index (χ3v) is 5.66. The molecular weight excluding hydrogens is 439 g/mol. The zero-order valence-corrected chi connectivity index (χ0v) is 19.4. The number of urea groups is 1. The number of allylic oxidation sites excluding steroid dienone is 1. The summed E-state index contributed by atoms with van der Waals surface area (Å²) in [7, 11) is 1.60. The number of carbonyl (C=O) groups is 1. The molecule has 0 fully saturated rings. The summed E-state index contributed by atoms with van der Waals surface area (Å²) >= 11 is 0. The van der Waals surface area contributed by atoms with E-state index in [1.54, 1.807) is 24.1 Å². The Hall–Kier alpha value is -3.72. The van der Waals surface area contributed by atoms with Gasteiger partial charge in [0, 0.05) is 31.0 Å². The number of hydrogen-bond donors (Lipinski definition) is 1. The number of halogens is 1. The maximum absolute atomic E-state index is 14.0. The molecule has 4 rings (SSSR count). The standard InChI is InChI=1S/C25H27FN4O4/c1-4-33-14-6-13-30-16(2)21(22(27-25(30)31)18-7-5-8-19(26)15-18)24-28-23(29-34-24)17-9-11-20(32-3)12-10-17/h5,7-12,15,22H,4,6,13-14H2,1-3H3,(H,27,31). The van der Waals surface area contributed by atoms with Crippen LogP contribution < -0.4 is 10.1 Å². The molecule has 2 aromatic carbocycles. The van der Waals surface area contributed by atoms with E-state index in [0.29, 0.717) is 48.8 Å². The highest BCUT2D eigenvalue weighted by Crippen LogP contribution is 2.37. The van der Waals surface area contributed by atoms with E-state index in [1.165, 1.54) is 12.1 Å². The second-order valence-corrected chi connectivity index (χ2v) is 7.79. The van der Waals surface area contributed by atoms with Gasteiger partial charge in [-0.2, -0.15) is 4.98 Å². The van der Waals surface area contributed by atoms with Gasteiger partial charge in [0.15, 0.2) is 0 Å². The molecule has 0 saturated heterocycles. The average Bonchev–Trinajstić information content (AvgIpc) is 3.33. The van der Waals surface area contributed by atoms with E-state index < -0.39 is 11.9 Å². The molecule has 1 aliphatic heterocycles. The van der Waals surface area contributed by atoms with Crippen LogP contribution in [-0.2, 0) is 4.74 Å². The highest BCUT2D eigenvalue weighted by atomic mass is 19.1. The molecule has 0 radical (unpaired) electrons. The fourth-order valence-electron chi connectivity index (χ4n) is 3.92. The summed E-state index contributed by atoms with van der Waals surface area (Å²) in [6, 6.07) is 12.5. The quantitative estimate of drug-likeness (QED) is 0.455. The van der Waals surface area contributed by atoms with Crippen molar-refractivity contribution < 1.29 is 23.2 Å². The lowest BCUT2D eigenvalue weighted by atomic mass is 9.94. The van der Waals surface area contributed by atoms with Crippen molar-refractivity contribution in [1.29, 1.82) is 0 Å². The van der Waals surface area contributed by atoms with Gasteiger partial charge in [-0.1, -0.05) is 17.3 Å². The average molecular weight is 467 g/mol. The summed E-state index contributed by atoms with van der Waals surface area (Å²) < 4.78 is 30.3. The van der Waals surface area contributed by atoms with Gasteiger partial charge in [-0.05, 0) is 62.2 Å². The number of nitrogens with zero attached hydrogens (tertiary/aromatic N) is 3. The maximum Gasteiger partial charge on any atom is 0.322 e. The highest BCUT2D eigenvalue weighted by molar-refractivity contribution is 5.86. The number of carbonyl (C=O) groups excluding carboxylic acids is 1. The Bertz CT molecular complexity index is 1180. The first-order valence-corrected chi connectivity index (χ1v) is 11.1. The van der Waals surface area contributed by atoms with E-state index in [9.17, 15) is 9.18 Å². The van der Waals surface area contributed by atoms with Crippen LogP contribution in [0.2, 0.25) is 0 Å². The zero-order chi connectivity index (χ0) is 24.1. The summed E-state index contributed by atoms with van der Waals surface area (Å²) in [5, 5.41) is 7.11. The summed E-state index contributed by atoms with van der Waals surface area (Å²) in [5.74, 6) is 0.977. The Kier molecular flexibility index (Phi) is 7.22. The molecule has 1 unspecified atom stereocenters. The van der Waals surface area contributed by atoms with Crippen LogP contribution in [0, 0.1) is 5.82 Å². The number of amides is 2. The van der Waals surface area contributed by atoms with Crippen LogP contribution in [0.15, 0.2) is 58.8 Å². The minimum Gasteiger partial charge on any atom is -0.497 e. The highest BCUT2D eigenvalue weighted by Gasteiger charge is 2.35. The third-order valence-electron chi connectivity index (χ3n) is 5.66. The summed E-state index contributed by atoms with van der Waals surface area (Å²) in [6.45, 7) is 5.37. The van der Waals surface area contributed by atoms with Crippen LogP contribution in [0.5, 0.6) is 5.75 Å². The van der Waals surface area contributed by atoms with Crippen molar-refractivity contribution in [3.63, 3.8) is 0 Å². The first kappa shape index (κ1) is 23.4. The van der Waals surface area contributed by atoms with Gasteiger partial charge >= 0.3 is 6.03 Å². The smallest absolute Gasteiger partial charge is 0.322 e. The SMILES string of the molecule is CCOCCCN1C(=O)NC(c2cccc(F)c2)C(c2nc(-c3ccc(OC)cc3)no2)=C1C. The molecule has 1 atom stereocenters. The van der Waals surface area contributed by atoms with Crippen molar-refractivity contribution in [2.45, 2.75) is 26.3 Å². The normalized spacial score (nSPS) is 16.1. The van der Waals surface area contributed by atoms with E-state index in [4.69, 9.17) is 14.0 Å². The molecule has 1 aromatic heterocycles. The van der Waals surface area contributed by atoms with Gasteiger partial charge in [0.1, 0.15) is 11.6 Å². The monoisotopic (exact) mass is 466 g/mol. The van der Waals surface area contributed by atoms with Crippen LogP contribution in [0.3, 0.4) is 0 Å². The number of ether oxygens (including phenoxy) is 2. The van der Waals surface area contributed by atoms with Crippen LogP contribution in [-0.4, -0.2) is 47.9 Å². The van der Waals surface area contributed by atoms with Crippen molar-refractivity contribution in [2.24, 2.45) is 0 Å². The predicted molar refractivity (Wildman–Crippen MR) is 124 cm³/mol. The lowest BCUT2D eigenvalue weighted by molar-refractivity contribution is 0.136. The van der Waals surface area contributed by atoms with Crippen LogP contribution in [0.25, 0.3) is 17.0 Å². The van der Waals surface area contributed by atoms with Gasteiger partial charge in [0.25, 0.3) is 5.89 Å². The van der Waals surface area contributed by atoms with E-state index >= 15 is 0 Å². The van der Waals surface area contributed by atoms with Crippen LogP contribution in [0.4, 0.5) is 9.18 Å². The molecule has 0 saturated carbocycles. The fourth-order valence-corrected chi connectivity index (χ4v) is 3.92. The fraction of sp³-hybridized carbons (Fsp3) is 0.320. The van der Waals surface area contributed by atoms with Gasteiger partial charge in [-0.3, -0.25) is 4.90 Å². The number of benzene rings is 2. The molecule has 0 aliphatic carbocycles. The molecule has 2 amide bonds. The Balaban J connectivity index is 1.72. The maximum atomic E-state index is 14.0. The predicted octanol–water partition coefficient (Wildman–Crippen LogP) is 4.81. The first-order chi connectivity index (χ1) is 16.5. The largest absolute Gasteiger partial charge is 0.497 e. The lowest BCUT2D eigenvalue weighted by Crippen LogP contribution is -2.46. The molecule has 1 aliphatic rings. The lowest BCUT2D eigenvalue weighted by Gasteiger charge is -2.35. The Morgan fingerprint density at radius 1 is 1.21 bits per heavy atom. The second-order valence-electron chi connectivity index (χ2n) is 7.79. The topological polar surface area (TPSA) is 89.7 Å². The van der Waals surface area contributed by atoms with Gasteiger partial charge in [-0.15, -0.1) is 0 Å². The number of nitrogens with one attached hydrogen (secondary N) is 1. The van der Waals surface area contributed by atoms with Gasteiger partial charge in [0.05, 0.1) is 18.7 Å². The van der Waals surface area contributed by atoms with Crippen molar-refractivity contribution in [3.8, 4) is 17.1 Å². The van der Waals surface area contributed by atoms with E-state index in [-0.39, 0.29) is 11.9 Å². The Labute approximate surface area is 197 Å². The van der Waals surface area contributed by atoms with Crippen molar-refractivity contribution in [3.05, 3.63) is 71.5 Å². The van der Waals surface area contributed by atoms with Crippen LogP contribution >= 0.6 is 0 Å². The van der Waals surface area contributed by atoms with Gasteiger partial charge in [0.2, 0.25) is 5.82 Å². The Morgan fingerprint density at radius 3 is 2.71 bits per heavy atom. The summed E-state index contributed by atoms with van der Waals surface area (Å²) in [4.78, 5) is 19.2. The van der Waals surface area contributed by atoms with Gasteiger partial charge in [-0.25, -0.2) is 9.18 Å². The second kappa shape index (κ2) is 10.5. The molecule has 1 N–H and O–H groups in total. The van der Waals surface area contributed by atoms with Crippen molar-refractivity contribution in [1.82, 2.24) is 20.4 Å². The summed E-state index contributed by atoms with van der Waals surface area (Å²) in [5.41, 5.74) is 2.62. The molecule has 9 heteroatoms. The van der Waals surface area contributed by atoms with E-state index in [0.717, 1.165) is 11.3 Å².